The maximum Gasteiger partial charge on any atom is 0.328 e. The molecule has 2 atom stereocenters. The second-order valence-corrected chi connectivity index (χ2v) is 5.69. The number of rotatable bonds is 5. The van der Waals surface area contributed by atoms with Gasteiger partial charge in [0.1, 0.15) is 11.4 Å². The van der Waals surface area contributed by atoms with Gasteiger partial charge in [-0.3, -0.25) is 0 Å². The first-order valence-electron chi connectivity index (χ1n) is 7.63. The molecule has 4 heteroatoms. The summed E-state index contributed by atoms with van der Waals surface area (Å²) in [4.78, 5) is 15.1. The van der Waals surface area contributed by atoms with Crippen LogP contribution in [0.15, 0.2) is 18.2 Å². The van der Waals surface area contributed by atoms with Crippen molar-refractivity contribution in [1.82, 2.24) is 4.98 Å². The molecule has 2 unspecified atom stereocenters. The number of carbonyl (C=O) groups is 1. The quantitative estimate of drug-likeness (QED) is 0.837. The molecule has 0 amide bonds. The van der Waals surface area contributed by atoms with Crippen LogP contribution in [0.4, 0.5) is 0 Å². The fourth-order valence-corrected chi connectivity index (χ4v) is 2.83. The standard InChI is InChI=1S/C17H23NO3/c1-3-13-5-4-6-14(11-13)21-16-9-7-12(2)18-15(16)8-10-17(19)20/h7-10,13-14H,3-6,11H2,1-2H3,(H,19,20). The van der Waals surface area contributed by atoms with Crippen LogP contribution in [0, 0.1) is 12.8 Å². The van der Waals surface area contributed by atoms with Gasteiger partial charge in [-0.05, 0) is 50.3 Å². The highest BCUT2D eigenvalue weighted by Gasteiger charge is 2.22. The van der Waals surface area contributed by atoms with Crippen molar-refractivity contribution < 1.29 is 14.6 Å². The van der Waals surface area contributed by atoms with E-state index >= 15 is 0 Å². The van der Waals surface area contributed by atoms with E-state index in [4.69, 9.17) is 9.84 Å². The van der Waals surface area contributed by atoms with E-state index in [9.17, 15) is 4.79 Å². The van der Waals surface area contributed by atoms with Crippen molar-refractivity contribution in [2.75, 3.05) is 0 Å². The number of aliphatic carboxylic acids is 1. The topological polar surface area (TPSA) is 59.4 Å². The minimum Gasteiger partial charge on any atom is -0.488 e. The van der Waals surface area contributed by atoms with Gasteiger partial charge in [-0.2, -0.15) is 0 Å². The third-order valence-electron chi connectivity index (χ3n) is 4.01. The number of aromatic nitrogens is 1. The second kappa shape index (κ2) is 7.25. The van der Waals surface area contributed by atoms with E-state index in [-0.39, 0.29) is 6.10 Å². The van der Waals surface area contributed by atoms with Crippen LogP contribution in [-0.2, 0) is 4.79 Å². The Balaban J connectivity index is 2.13. The van der Waals surface area contributed by atoms with Crippen LogP contribution in [0.2, 0.25) is 0 Å². The van der Waals surface area contributed by atoms with E-state index in [0.29, 0.717) is 11.4 Å². The summed E-state index contributed by atoms with van der Waals surface area (Å²) in [7, 11) is 0. The normalized spacial score (nSPS) is 22.4. The summed E-state index contributed by atoms with van der Waals surface area (Å²) in [6, 6.07) is 3.78. The Morgan fingerprint density at radius 3 is 3.00 bits per heavy atom. The summed E-state index contributed by atoms with van der Waals surface area (Å²) in [5.74, 6) is 0.438. The first kappa shape index (κ1) is 15.5. The molecule has 4 nitrogen and oxygen atoms in total. The molecule has 0 radical (unpaired) electrons. The Morgan fingerprint density at radius 2 is 2.29 bits per heavy atom. The molecule has 0 spiro atoms. The maximum atomic E-state index is 10.7. The molecule has 114 valence electrons. The molecule has 1 saturated carbocycles. The lowest BCUT2D eigenvalue weighted by Gasteiger charge is -2.29. The maximum absolute atomic E-state index is 10.7. The Hall–Kier alpha value is -1.84. The van der Waals surface area contributed by atoms with Crippen LogP contribution in [-0.4, -0.2) is 22.2 Å². The zero-order valence-corrected chi connectivity index (χ0v) is 12.7. The number of nitrogens with zero attached hydrogens (tertiary/aromatic N) is 1. The third kappa shape index (κ3) is 4.59. The molecule has 0 saturated heterocycles. The average Bonchev–Trinajstić information content (AvgIpc) is 2.47. The predicted octanol–water partition coefficient (Wildman–Crippen LogP) is 3.84. The van der Waals surface area contributed by atoms with E-state index in [2.05, 4.69) is 11.9 Å². The molecule has 0 aliphatic heterocycles. The molecular formula is C17H23NO3. The highest BCUT2D eigenvalue weighted by molar-refractivity contribution is 5.85. The number of ether oxygens (including phenoxy) is 1. The van der Waals surface area contributed by atoms with Crippen molar-refractivity contribution in [2.24, 2.45) is 5.92 Å². The number of hydrogen-bond donors (Lipinski definition) is 1. The Labute approximate surface area is 125 Å². The van der Waals surface area contributed by atoms with Gasteiger partial charge in [0.25, 0.3) is 0 Å². The van der Waals surface area contributed by atoms with Gasteiger partial charge in [-0.15, -0.1) is 0 Å². The minimum atomic E-state index is -0.979. The number of hydrogen-bond acceptors (Lipinski definition) is 3. The SMILES string of the molecule is CCC1CCCC(Oc2ccc(C)nc2C=CC(=O)O)C1. The smallest absolute Gasteiger partial charge is 0.328 e. The lowest BCUT2D eigenvalue weighted by molar-refractivity contribution is -0.131. The Morgan fingerprint density at radius 1 is 1.48 bits per heavy atom. The molecule has 1 aromatic rings. The van der Waals surface area contributed by atoms with Gasteiger partial charge in [0.15, 0.2) is 0 Å². The minimum absolute atomic E-state index is 0.213. The van der Waals surface area contributed by atoms with Gasteiger partial charge in [-0.25, -0.2) is 9.78 Å². The molecule has 0 bridgehead atoms. The van der Waals surface area contributed by atoms with Crippen LogP contribution in [0.1, 0.15) is 50.4 Å². The monoisotopic (exact) mass is 289 g/mol. The fourth-order valence-electron chi connectivity index (χ4n) is 2.83. The number of pyridine rings is 1. The molecule has 2 rings (SSSR count). The third-order valence-corrected chi connectivity index (χ3v) is 4.01. The molecule has 1 fully saturated rings. The summed E-state index contributed by atoms with van der Waals surface area (Å²) in [5.41, 5.74) is 1.44. The molecule has 21 heavy (non-hydrogen) atoms. The molecule has 1 aliphatic carbocycles. The van der Waals surface area contributed by atoms with E-state index in [1.807, 2.05) is 19.1 Å². The lowest BCUT2D eigenvalue weighted by atomic mass is 9.85. The van der Waals surface area contributed by atoms with Gasteiger partial charge in [0, 0.05) is 11.8 Å². The summed E-state index contributed by atoms with van der Waals surface area (Å²) in [6.07, 6.45) is 8.63. The molecule has 0 aromatic carbocycles. The van der Waals surface area contributed by atoms with E-state index in [0.717, 1.165) is 30.5 Å². The zero-order chi connectivity index (χ0) is 15.2. The van der Waals surface area contributed by atoms with E-state index in [1.165, 1.54) is 25.3 Å². The van der Waals surface area contributed by atoms with Crippen molar-refractivity contribution in [2.45, 2.75) is 52.1 Å². The summed E-state index contributed by atoms with van der Waals surface area (Å²) < 4.78 is 6.10. The Kier molecular flexibility index (Phi) is 5.37. The van der Waals surface area contributed by atoms with E-state index in [1.54, 1.807) is 0 Å². The largest absolute Gasteiger partial charge is 0.488 e. The highest BCUT2D eigenvalue weighted by Crippen LogP contribution is 2.30. The first-order chi connectivity index (χ1) is 10.1. The van der Waals surface area contributed by atoms with Crippen LogP contribution < -0.4 is 4.74 Å². The van der Waals surface area contributed by atoms with Crippen LogP contribution in [0.25, 0.3) is 6.08 Å². The van der Waals surface area contributed by atoms with Crippen LogP contribution in [0.3, 0.4) is 0 Å². The number of carboxylic acid groups (broad SMARTS) is 1. The first-order valence-corrected chi connectivity index (χ1v) is 7.63. The fraction of sp³-hybridized carbons (Fsp3) is 0.529. The average molecular weight is 289 g/mol. The van der Waals surface area contributed by atoms with Gasteiger partial charge in [0.2, 0.25) is 0 Å². The van der Waals surface area contributed by atoms with Crippen molar-refractivity contribution in [3.05, 3.63) is 29.6 Å². The van der Waals surface area contributed by atoms with Gasteiger partial charge >= 0.3 is 5.97 Å². The molecule has 1 heterocycles. The van der Waals surface area contributed by atoms with Crippen molar-refractivity contribution in [1.29, 1.82) is 0 Å². The summed E-state index contributed by atoms with van der Waals surface area (Å²) in [6.45, 7) is 4.11. The lowest BCUT2D eigenvalue weighted by Crippen LogP contribution is -2.25. The number of carboxylic acids is 1. The van der Waals surface area contributed by atoms with Gasteiger partial charge in [0.05, 0.1) is 6.10 Å². The summed E-state index contributed by atoms with van der Waals surface area (Å²) in [5, 5.41) is 8.77. The Bertz CT molecular complexity index is 525. The van der Waals surface area contributed by atoms with Crippen LogP contribution in [0.5, 0.6) is 5.75 Å². The predicted molar refractivity (Wildman–Crippen MR) is 82.3 cm³/mol. The van der Waals surface area contributed by atoms with Crippen molar-refractivity contribution >= 4 is 12.0 Å². The van der Waals surface area contributed by atoms with Crippen LogP contribution >= 0.6 is 0 Å². The van der Waals surface area contributed by atoms with E-state index < -0.39 is 5.97 Å². The summed E-state index contributed by atoms with van der Waals surface area (Å²) >= 11 is 0. The zero-order valence-electron chi connectivity index (χ0n) is 12.7. The van der Waals surface area contributed by atoms with Crippen molar-refractivity contribution in [3.8, 4) is 5.75 Å². The van der Waals surface area contributed by atoms with Crippen molar-refractivity contribution in [3.63, 3.8) is 0 Å². The van der Waals surface area contributed by atoms with Gasteiger partial charge < -0.3 is 9.84 Å². The molecule has 1 N–H and O–H groups in total. The second-order valence-electron chi connectivity index (χ2n) is 5.69. The number of aryl methyl sites for hydroxylation is 1. The molecule has 1 aromatic heterocycles. The molecule has 1 aliphatic rings. The molecular weight excluding hydrogens is 266 g/mol. The highest BCUT2D eigenvalue weighted by atomic mass is 16.5. The van der Waals surface area contributed by atoms with Gasteiger partial charge in [-0.1, -0.05) is 19.8 Å².